The molecule has 0 saturated carbocycles. The van der Waals surface area contributed by atoms with Crippen molar-refractivity contribution >= 4 is 39.9 Å². The Morgan fingerprint density at radius 1 is 1.25 bits per heavy atom. The van der Waals surface area contributed by atoms with E-state index in [0.717, 1.165) is 5.01 Å². The van der Waals surface area contributed by atoms with E-state index >= 15 is 0 Å². The largest absolute Gasteiger partial charge is 0.472 e. The van der Waals surface area contributed by atoms with Crippen molar-refractivity contribution < 1.29 is 14.3 Å². The lowest BCUT2D eigenvalue weighted by Crippen LogP contribution is -2.45. The molecule has 142 valence electrons. The van der Waals surface area contributed by atoms with E-state index in [2.05, 4.69) is 20.5 Å². The zero-order chi connectivity index (χ0) is 19.7. The predicted octanol–water partition coefficient (Wildman–Crippen LogP) is 1.93. The van der Waals surface area contributed by atoms with E-state index in [-0.39, 0.29) is 18.2 Å². The molecule has 1 unspecified atom stereocenters. The molecule has 0 fully saturated rings. The minimum atomic E-state index is -0.879. The van der Waals surface area contributed by atoms with Crippen molar-refractivity contribution in [1.29, 1.82) is 0 Å². The van der Waals surface area contributed by atoms with Crippen LogP contribution in [0.5, 0.6) is 5.75 Å². The number of nitrogens with two attached hydrogens (primary N) is 1. The van der Waals surface area contributed by atoms with Crippen molar-refractivity contribution in [1.82, 2.24) is 15.2 Å². The molecule has 3 heterocycles. The maximum atomic E-state index is 13.1. The van der Waals surface area contributed by atoms with E-state index in [9.17, 15) is 9.59 Å². The van der Waals surface area contributed by atoms with E-state index in [0.29, 0.717) is 16.4 Å². The van der Waals surface area contributed by atoms with E-state index in [1.54, 1.807) is 31.2 Å². The summed E-state index contributed by atoms with van der Waals surface area (Å²) in [6.45, 7) is 1.53. The van der Waals surface area contributed by atoms with Crippen LogP contribution >= 0.6 is 11.3 Å². The van der Waals surface area contributed by atoms with Crippen LogP contribution in [0.3, 0.4) is 0 Å². The lowest BCUT2D eigenvalue weighted by atomic mass is 10.1. The van der Waals surface area contributed by atoms with E-state index in [1.807, 2.05) is 18.2 Å². The number of carbonyl (C=O) groups excluding carboxylic acids is 2. The quantitative estimate of drug-likeness (QED) is 0.690. The Labute approximate surface area is 164 Å². The lowest BCUT2D eigenvalue weighted by molar-refractivity contribution is -0.128. The molecule has 0 saturated heterocycles. The second-order valence-electron chi connectivity index (χ2n) is 6.07. The number of benzene rings is 1. The second-order valence-corrected chi connectivity index (χ2v) is 7.25. The SMILES string of the molecule is Cc1nnc(NC(=O)CN2C(=O)C(c3ccccc3)Oc3ccc(N)nc32)s1. The number of amides is 2. The first-order chi connectivity index (χ1) is 13.5. The third-order valence-corrected chi connectivity index (χ3v) is 4.78. The number of rotatable bonds is 4. The molecule has 3 N–H and O–H groups in total. The molecule has 3 aromatic rings. The van der Waals surface area contributed by atoms with Crippen LogP contribution in [0.2, 0.25) is 0 Å². The van der Waals surface area contributed by atoms with Gasteiger partial charge in [-0.15, -0.1) is 10.2 Å². The van der Waals surface area contributed by atoms with Gasteiger partial charge in [-0.05, 0) is 19.1 Å². The summed E-state index contributed by atoms with van der Waals surface area (Å²) >= 11 is 1.25. The molecule has 1 atom stereocenters. The highest BCUT2D eigenvalue weighted by molar-refractivity contribution is 7.15. The Bertz CT molecular complexity index is 1040. The van der Waals surface area contributed by atoms with E-state index in [4.69, 9.17) is 10.5 Å². The topological polar surface area (TPSA) is 123 Å². The van der Waals surface area contributed by atoms with Crippen molar-refractivity contribution in [2.24, 2.45) is 0 Å². The van der Waals surface area contributed by atoms with Gasteiger partial charge in [-0.25, -0.2) is 4.98 Å². The highest BCUT2D eigenvalue weighted by Crippen LogP contribution is 2.38. The molecule has 1 aliphatic rings. The van der Waals surface area contributed by atoms with Gasteiger partial charge < -0.3 is 10.5 Å². The van der Waals surface area contributed by atoms with Gasteiger partial charge in [0, 0.05) is 5.56 Å². The number of nitrogen functional groups attached to an aromatic ring is 1. The number of nitrogens with zero attached hydrogens (tertiary/aromatic N) is 4. The summed E-state index contributed by atoms with van der Waals surface area (Å²) in [5.74, 6) is -0.0183. The summed E-state index contributed by atoms with van der Waals surface area (Å²) in [5, 5.41) is 11.4. The van der Waals surface area contributed by atoms with Crippen LogP contribution in [-0.4, -0.2) is 33.5 Å². The molecule has 0 bridgehead atoms. The van der Waals surface area contributed by atoms with Crippen LogP contribution < -0.4 is 20.7 Å². The third-order valence-electron chi connectivity index (χ3n) is 4.03. The standard InChI is InChI=1S/C18H16N6O3S/c1-10-22-23-18(28-10)21-14(25)9-24-16-12(7-8-13(19)20-16)27-15(17(24)26)11-5-3-2-4-6-11/h2-8,15H,9H2,1H3,(H2,19,20)(H,21,23,25). The number of nitrogens with one attached hydrogen (secondary N) is 1. The van der Waals surface area contributed by atoms with Gasteiger partial charge in [0.15, 0.2) is 11.6 Å². The highest BCUT2D eigenvalue weighted by atomic mass is 32.1. The van der Waals surface area contributed by atoms with Crippen molar-refractivity contribution in [3.63, 3.8) is 0 Å². The summed E-state index contributed by atoms with van der Waals surface area (Å²) in [6.07, 6.45) is -0.879. The first-order valence-electron chi connectivity index (χ1n) is 8.41. The minimum Gasteiger partial charge on any atom is -0.472 e. The van der Waals surface area contributed by atoms with Crippen LogP contribution in [0.4, 0.5) is 16.8 Å². The van der Waals surface area contributed by atoms with Gasteiger partial charge >= 0.3 is 0 Å². The molecule has 9 nitrogen and oxygen atoms in total. The molecular weight excluding hydrogens is 380 g/mol. The number of aromatic nitrogens is 3. The van der Waals surface area contributed by atoms with Crippen LogP contribution in [0.15, 0.2) is 42.5 Å². The minimum absolute atomic E-state index is 0.209. The fourth-order valence-electron chi connectivity index (χ4n) is 2.80. The predicted molar refractivity (Wildman–Crippen MR) is 104 cm³/mol. The average Bonchev–Trinajstić information content (AvgIpc) is 3.09. The van der Waals surface area contributed by atoms with Gasteiger partial charge in [0.25, 0.3) is 5.91 Å². The van der Waals surface area contributed by atoms with Crippen molar-refractivity contribution in [3.8, 4) is 5.75 Å². The lowest BCUT2D eigenvalue weighted by Gasteiger charge is -2.33. The first kappa shape index (κ1) is 17.9. The number of hydrogen-bond donors (Lipinski definition) is 2. The van der Waals surface area contributed by atoms with Crippen LogP contribution in [0, 0.1) is 6.92 Å². The van der Waals surface area contributed by atoms with Gasteiger partial charge in [0.1, 0.15) is 17.4 Å². The number of hydrogen-bond acceptors (Lipinski definition) is 8. The van der Waals surface area contributed by atoms with Crippen molar-refractivity contribution in [2.45, 2.75) is 13.0 Å². The number of carbonyl (C=O) groups is 2. The number of aryl methyl sites for hydroxylation is 1. The summed E-state index contributed by atoms with van der Waals surface area (Å²) in [6, 6.07) is 12.3. The fraction of sp³-hybridized carbons (Fsp3) is 0.167. The Morgan fingerprint density at radius 2 is 2.04 bits per heavy atom. The summed E-state index contributed by atoms with van der Waals surface area (Å²) in [4.78, 5) is 31.1. The Balaban J connectivity index is 1.64. The zero-order valence-electron chi connectivity index (χ0n) is 14.8. The maximum Gasteiger partial charge on any atom is 0.274 e. The molecule has 2 aromatic heterocycles. The summed E-state index contributed by atoms with van der Waals surface area (Å²) in [7, 11) is 0. The Hall–Kier alpha value is -3.53. The van der Waals surface area contributed by atoms with Gasteiger partial charge in [-0.1, -0.05) is 41.7 Å². The molecule has 1 aliphatic heterocycles. The summed E-state index contributed by atoms with van der Waals surface area (Å²) < 4.78 is 5.86. The fourth-order valence-corrected chi connectivity index (χ4v) is 3.41. The molecule has 2 amide bonds. The molecule has 4 rings (SSSR count). The van der Waals surface area contributed by atoms with Gasteiger partial charge in [0.2, 0.25) is 17.1 Å². The van der Waals surface area contributed by atoms with E-state index < -0.39 is 17.9 Å². The van der Waals surface area contributed by atoms with Crippen LogP contribution in [0.1, 0.15) is 16.7 Å². The smallest absolute Gasteiger partial charge is 0.274 e. The highest BCUT2D eigenvalue weighted by Gasteiger charge is 2.37. The average molecular weight is 396 g/mol. The molecule has 0 radical (unpaired) electrons. The number of anilines is 3. The maximum absolute atomic E-state index is 13.1. The second kappa shape index (κ2) is 7.24. The molecular formula is C18H16N6O3S. The van der Waals surface area contributed by atoms with Crippen molar-refractivity contribution in [2.75, 3.05) is 22.5 Å². The normalized spacial score (nSPS) is 15.7. The van der Waals surface area contributed by atoms with Crippen LogP contribution in [-0.2, 0) is 9.59 Å². The van der Waals surface area contributed by atoms with Crippen molar-refractivity contribution in [3.05, 3.63) is 53.0 Å². The monoisotopic (exact) mass is 396 g/mol. The zero-order valence-corrected chi connectivity index (χ0v) is 15.6. The molecule has 1 aromatic carbocycles. The van der Waals surface area contributed by atoms with Crippen LogP contribution in [0.25, 0.3) is 0 Å². The third kappa shape index (κ3) is 3.49. The molecule has 10 heteroatoms. The molecule has 0 aliphatic carbocycles. The first-order valence-corrected chi connectivity index (χ1v) is 9.22. The summed E-state index contributed by atoms with van der Waals surface area (Å²) in [5.41, 5.74) is 6.45. The van der Waals surface area contributed by atoms with Gasteiger partial charge in [-0.3, -0.25) is 19.8 Å². The van der Waals surface area contributed by atoms with Gasteiger partial charge in [-0.2, -0.15) is 0 Å². The Morgan fingerprint density at radius 3 is 2.75 bits per heavy atom. The van der Waals surface area contributed by atoms with Gasteiger partial charge in [0.05, 0.1) is 0 Å². The molecule has 28 heavy (non-hydrogen) atoms. The Kier molecular flexibility index (Phi) is 4.62. The number of pyridine rings is 1. The molecule has 0 spiro atoms. The number of ether oxygens (including phenoxy) is 1. The van der Waals surface area contributed by atoms with E-state index in [1.165, 1.54) is 16.2 Å². The number of fused-ring (bicyclic) bond motifs is 1.